The molecule has 1 N–H and O–H groups in total. The predicted molar refractivity (Wildman–Crippen MR) is 81.7 cm³/mol. The number of rotatable bonds is 2. The zero-order valence-electron chi connectivity index (χ0n) is 11.4. The maximum Gasteiger partial charge on any atom is 0.439 e. The number of nitrogens with one attached hydrogen (secondary N) is 1. The fourth-order valence-corrected chi connectivity index (χ4v) is 2.47. The Bertz CT molecular complexity index is 1070. The molecule has 3 heterocycles. The van der Waals surface area contributed by atoms with Gasteiger partial charge in [0.15, 0.2) is 0 Å². The molecule has 4 rings (SSSR count). The van der Waals surface area contributed by atoms with Gasteiger partial charge in [0, 0.05) is 17.1 Å². The minimum absolute atomic E-state index is 0.230. The lowest BCUT2D eigenvalue weighted by Crippen LogP contribution is -1.96. The van der Waals surface area contributed by atoms with Crippen LogP contribution in [0.15, 0.2) is 46.4 Å². The Balaban J connectivity index is 1.86. The molecule has 0 aliphatic rings. The van der Waals surface area contributed by atoms with E-state index in [0.29, 0.717) is 21.9 Å². The highest BCUT2D eigenvalue weighted by Gasteiger charge is 2.11. The van der Waals surface area contributed by atoms with Crippen LogP contribution in [-0.4, -0.2) is 30.1 Å². The van der Waals surface area contributed by atoms with Gasteiger partial charge in [0.05, 0.1) is 16.2 Å². The Kier molecular flexibility index (Phi) is 3.09. The Labute approximate surface area is 133 Å². The van der Waals surface area contributed by atoms with Crippen molar-refractivity contribution in [3.63, 3.8) is 0 Å². The SMILES string of the molecule is O=c1[nH]c(-c2cc(-c3cc(Cl)c4ncncc4c3)ncn2)no1. The second-order valence-electron chi connectivity index (χ2n) is 4.65. The highest BCUT2D eigenvalue weighted by molar-refractivity contribution is 6.35. The number of H-pyrrole nitrogens is 1. The monoisotopic (exact) mass is 326 g/mol. The smallest absolute Gasteiger partial charge is 0.296 e. The first-order valence-corrected chi connectivity index (χ1v) is 6.86. The lowest BCUT2D eigenvalue weighted by molar-refractivity contribution is 0.387. The van der Waals surface area contributed by atoms with Gasteiger partial charge in [-0.2, -0.15) is 0 Å². The number of fused-ring (bicyclic) bond motifs is 1. The van der Waals surface area contributed by atoms with Crippen LogP contribution in [0.4, 0.5) is 0 Å². The molecule has 112 valence electrons. The number of aromatic nitrogens is 6. The summed E-state index contributed by atoms with van der Waals surface area (Å²) in [7, 11) is 0. The molecule has 0 fully saturated rings. The first-order valence-electron chi connectivity index (χ1n) is 6.49. The standard InChI is InChI=1S/C14H7ClN6O2/c15-9-2-7(1-8-4-16-5-19-12(8)9)10-3-11(18-6-17-10)13-20-14(22)23-21-13/h1-6H,(H,20,21,22). The molecule has 0 aliphatic heterocycles. The molecule has 9 heteroatoms. The molecule has 0 amide bonds. The van der Waals surface area contributed by atoms with Crippen LogP contribution in [0, 0.1) is 0 Å². The molecule has 1 aromatic carbocycles. The minimum Gasteiger partial charge on any atom is -0.296 e. The van der Waals surface area contributed by atoms with Gasteiger partial charge in [0.25, 0.3) is 0 Å². The summed E-state index contributed by atoms with van der Waals surface area (Å²) in [6.45, 7) is 0. The minimum atomic E-state index is -0.647. The number of aromatic amines is 1. The molecular weight excluding hydrogens is 320 g/mol. The Morgan fingerprint density at radius 2 is 1.91 bits per heavy atom. The third-order valence-corrected chi connectivity index (χ3v) is 3.49. The molecular formula is C14H7ClN6O2. The Morgan fingerprint density at radius 1 is 1.04 bits per heavy atom. The number of benzene rings is 1. The molecule has 0 spiro atoms. The molecule has 0 radical (unpaired) electrons. The molecule has 8 nitrogen and oxygen atoms in total. The quantitative estimate of drug-likeness (QED) is 0.600. The zero-order chi connectivity index (χ0) is 15.8. The van der Waals surface area contributed by atoms with Crippen LogP contribution in [0.5, 0.6) is 0 Å². The fourth-order valence-electron chi connectivity index (χ4n) is 2.19. The second-order valence-corrected chi connectivity index (χ2v) is 5.06. The predicted octanol–water partition coefficient (Wildman–Crippen LogP) is 2.08. The van der Waals surface area contributed by atoms with E-state index in [4.69, 9.17) is 11.6 Å². The molecule has 0 saturated heterocycles. The summed E-state index contributed by atoms with van der Waals surface area (Å²) in [6, 6.07) is 5.31. The lowest BCUT2D eigenvalue weighted by atomic mass is 10.1. The van der Waals surface area contributed by atoms with Crippen LogP contribution in [0.25, 0.3) is 33.7 Å². The number of hydrogen-bond donors (Lipinski definition) is 1. The number of hydrogen-bond acceptors (Lipinski definition) is 7. The largest absolute Gasteiger partial charge is 0.439 e. The van der Waals surface area contributed by atoms with E-state index in [1.807, 2.05) is 6.07 Å². The van der Waals surface area contributed by atoms with Gasteiger partial charge >= 0.3 is 5.76 Å². The van der Waals surface area contributed by atoms with Crippen molar-refractivity contribution in [1.29, 1.82) is 0 Å². The molecule has 0 bridgehead atoms. The molecule has 3 aromatic heterocycles. The van der Waals surface area contributed by atoms with E-state index in [0.717, 1.165) is 10.9 Å². The summed E-state index contributed by atoms with van der Waals surface area (Å²) in [6.07, 6.45) is 4.49. The van der Waals surface area contributed by atoms with E-state index in [-0.39, 0.29) is 5.82 Å². The van der Waals surface area contributed by atoms with Gasteiger partial charge in [-0.15, -0.1) is 0 Å². The second kappa shape index (κ2) is 5.25. The van der Waals surface area contributed by atoms with E-state index >= 15 is 0 Å². The highest BCUT2D eigenvalue weighted by Crippen LogP contribution is 2.29. The van der Waals surface area contributed by atoms with E-state index in [9.17, 15) is 4.79 Å². The van der Waals surface area contributed by atoms with Crippen LogP contribution < -0.4 is 5.76 Å². The molecule has 0 saturated carbocycles. The van der Waals surface area contributed by atoms with Gasteiger partial charge in [-0.25, -0.2) is 24.7 Å². The van der Waals surface area contributed by atoms with Gasteiger partial charge in [0.1, 0.15) is 18.3 Å². The van der Waals surface area contributed by atoms with E-state index in [2.05, 4.69) is 34.6 Å². The Hall–Kier alpha value is -3.13. The number of halogens is 1. The van der Waals surface area contributed by atoms with Crippen molar-refractivity contribution in [1.82, 2.24) is 30.1 Å². The van der Waals surface area contributed by atoms with E-state index in [1.54, 1.807) is 18.3 Å². The molecule has 23 heavy (non-hydrogen) atoms. The van der Waals surface area contributed by atoms with Gasteiger partial charge in [-0.1, -0.05) is 16.8 Å². The highest BCUT2D eigenvalue weighted by atomic mass is 35.5. The third-order valence-electron chi connectivity index (χ3n) is 3.21. The van der Waals surface area contributed by atoms with Gasteiger partial charge in [-0.3, -0.25) is 9.51 Å². The number of nitrogens with zero attached hydrogens (tertiary/aromatic N) is 5. The van der Waals surface area contributed by atoms with Gasteiger partial charge in [0.2, 0.25) is 5.82 Å². The third kappa shape index (κ3) is 2.44. The van der Waals surface area contributed by atoms with Crippen LogP contribution in [0.1, 0.15) is 0 Å². The normalized spacial score (nSPS) is 11.0. The van der Waals surface area contributed by atoms with Crippen molar-refractivity contribution >= 4 is 22.5 Å². The summed E-state index contributed by atoms with van der Waals surface area (Å²) < 4.78 is 4.48. The van der Waals surface area contributed by atoms with Crippen molar-refractivity contribution in [3.05, 3.63) is 52.6 Å². The van der Waals surface area contributed by atoms with Crippen molar-refractivity contribution in [3.8, 4) is 22.8 Å². The summed E-state index contributed by atoms with van der Waals surface area (Å²) in [5.41, 5.74) is 2.49. The molecule has 0 aliphatic carbocycles. The fraction of sp³-hybridized carbons (Fsp3) is 0. The van der Waals surface area contributed by atoms with Crippen molar-refractivity contribution in [2.45, 2.75) is 0 Å². The van der Waals surface area contributed by atoms with E-state index in [1.165, 1.54) is 12.7 Å². The van der Waals surface area contributed by atoms with Crippen LogP contribution >= 0.6 is 11.6 Å². The van der Waals surface area contributed by atoms with Crippen LogP contribution in [0.3, 0.4) is 0 Å². The van der Waals surface area contributed by atoms with Crippen molar-refractivity contribution in [2.75, 3.05) is 0 Å². The lowest BCUT2D eigenvalue weighted by Gasteiger charge is -2.05. The average molecular weight is 327 g/mol. The van der Waals surface area contributed by atoms with E-state index < -0.39 is 5.76 Å². The van der Waals surface area contributed by atoms with Gasteiger partial charge < -0.3 is 0 Å². The average Bonchev–Trinajstić information content (AvgIpc) is 3.01. The topological polar surface area (TPSA) is 110 Å². The van der Waals surface area contributed by atoms with Crippen LogP contribution in [-0.2, 0) is 0 Å². The summed E-state index contributed by atoms with van der Waals surface area (Å²) >= 11 is 6.26. The Morgan fingerprint density at radius 3 is 2.74 bits per heavy atom. The molecule has 4 aromatic rings. The zero-order valence-corrected chi connectivity index (χ0v) is 12.2. The summed E-state index contributed by atoms with van der Waals surface area (Å²) in [5.74, 6) is -0.417. The maximum atomic E-state index is 11.1. The first-order chi connectivity index (χ1) is 11.2. The first kappa shape index (κ1) is 13.5. The molecule has 0 atom stereocenters. The van der Waals surface area contributed by atoms with Crippen molar-refractivity contribution in [2.24, 2.45) is 0 Å². The maximum absolute atomic E-state index is 11.1. The van der Waals surface area contributed by atoms with Crippen LogP contribution in [0.2, 0.25) is 5.02 Å². The summed E-state index contributed by atoms with van der Waals surface area (Å²) in [4.78, 5) is 29.9. The molecule has 0 unspecified atom stereocenters. The summed E-state index contributed by atoms with van der Waals surface area (Å²) in [5, 5.41) is 4.90. The van der Waals surface area contributed by atoms with Gasteiger partial charge in [-0.05, 0) is 18.2 Å². The van der Waals surface area contributed by atoms with Crippen molar-refractivity contribution < 1.29 is 4.52 Å².